The van der Waals surface area contributed by atoms with Crippen molar-refractivity contribution in [3.63, 3.8) is 0 Å². The van der Waals surface area contributed by atoms with Crippen molar-refractivity contribution in [2.75, 3.05) is 6.61 Å². The number of aromatic amines is 1. The Bertz CT molecular complexity index is 2010. The van der Waals surface area contributed by atoms with E-state index < -0.39 is 5.76 Å². The summed E-state index contributed by atoms with van der Waals surface area (Å²) in [6, 6.07) is 18.3. The molecule has 0 spiro atoms. The van der Waals surface area contributed by atoms with Gasteiger partial charge in [0.15, 0.2) is 5.82 Å². The van der Waals surface area contributed by atoms with Crippen molar-refractivity contribution in [1.29, 1.82) is 5.26 Å². The number of nitrogens with one attached hydrogen (secondary N) is 1. The summed E-state index contributed by atoms with van der Waals surface area (Å²) in [5.41, 5.74) is 4.98. The number of ether oxygens (including phenoxy) is 1. The topological polar surface area (TPSA) is 144 Å². The summed E-state index contributed by atoms with van der Waals surface area (Å²) in [7, 11) is 0. The van der Waals surface area contributed by atoms with Crippen molar-refractivity contribution in [3.8, 4) is 28.6 Å². The number of H-pyrrole nitrogens is 1. The average molecular weight is 660 g/mol. The van der Waals surface area contributed by atoms with Gasteiger partial charge in [-0.1, -0.05) is 73.5 Å². The fraction of sp³-hybridized carbons (Fsp3) is 0.429. The monoisotopic (exact) mass is 659 g/mol. The summed E-state index contributed by atoms with van der Waals surface area (Å²) in [4.78, 5) is 33.1. The van der Waals surface area contributed by atoms with E-state index in [4.69, 9.17) is 9.26 Å². The van der Waals surface area contributed by atoms with Gasteiger partial charge in [0.2, 0.25) is 5.78 Å². The van der Waals surface area contributed by atoms with E-state index in [1.165, 1.54) is 6.33 Å². The first-order valence-corrected chi connectivity index (χ1v) is 16.2. The van der Waals surface area contributed by atoms with E-state index in [1.807, 2.05) is 57.6 Å². The van der Waals surface area contributed by atoms with Crippen LogP contribution in [0.4, 0.5) is 0 Å². The van der Waals surface area contributed by atoms with E-state index in [1.54, 1.807) is 0 Å². The molecule has 2 fully saturated rings. The van der Waals surface area contributed by atoms with Gasteiger partial charge >= 0.3 is 57.1 Å². The van der Waals surface area contributed by atoms with Crippen molar-refractivity contribution >= 4 is 57.2 Å². The predicted molar refractivity (Wildman–Crippen MR) is 178 cm³/mol. The zero-order valence-corrected chi connectivity index (χ0v) is 25.9. The van der Waals surface area contributed by atoms with Crippen molar-refractivity contribution in [3.05, 3.63) is 92.6 Å². The molecule has 0 atom stereocenters. The van der Waals surface area contributed by atoms with Gasteiger partial charge in [0.05, 0.1) is 29.9 Å². The van der Waals surface area contributed by atoms with Gasteiger partial charge in [-0.3, -0.25) is 18.9 Å². The maximum absolute atomic E-state index is 14.4. The van der Waals surface area contributed by atoms with Gasteiger partial charge in [0.1, 0.15) is 6.33 Å². The van der Waals surface area contributed by atoms with Crippen molar-refractivity contribution in [1.82, 2.24) is 29.3 Å². The van der Waals surface area contributed by atoms with Gasteiger partial charge in [0, 0.05) is 23.6 Å². The van der Waals surface area contributed by atoms with Crippen LogP contribution in [0.2, 0.25) is 0 Å². The Balaban J connectivity index is 0.00000386. The van der Waals surface area contributed by atoms with Gasteiger partial charge in [-0.15, -0.1) is 0 Å². The van der Waals surface area contributed by atoms with Crippen molar-refractivity contribution in [2.24, 2.45) is 5.41 Å². The third-order valence-electron chi connectivity index (χ3n) is 9.73. The van der Waals surface area contributed by atoms with E-state index in [0.717, 1.165) is 84.9 Å². The minimum atomic E-state index is -0.600. The van der Waals surface area contributed by atoms with Crippen LogP contribution in [0.25, 0.3) is 28.3 Å². The fourth-order valence-electron chi connectivity index (χ4n) is 7.01. The normalized spacial score (nSPS) is 18.7. The quantitative estimate of drug-likeness (QED) is 0.207. The number of hydrogen-bond acceptors (Lipinski definition) is 8. The number of fused-ring (bicyclic) bond motifs is 1. The van der Waals surface area contributed by atoms with E-state index in [2.05, 4.69) is 33.2 Å². The van der Waals surface area contributed by atoms with Crippen LogP contribution in [-0.2, 0) is 17.6 Å². The van der Waals surface area contributed by atoms with Crippen LogP contribution < -0.4 is 11.3 Å². The SMILES string of the molecule is CCCc1c(Cc2ccc(-c3ccccc3-c3noc(=O)[nH]3)cc2)c(=O)n([C@H]2CC[C@H](OCC3(C#N)CCC3)CC2)c2ncnn12.[KH]. The Morgan fingerprint density at radius 1 is 1.06 bits per heavy atom. The third-order valence-corrected chi connectivity index (χ3v) is 9.73. The number of hydrogen-bond donors (Lipinski definition) is 1. The molecule has 1 N–H and O–H groups in total. The summed E-state index contributed by atoms with van der Waals surface area (Å²) < 4.78 is 14.7. The molecule has 2 saturated carbocycles. The van der Waals surface area contributed by atoms with Gasteiger partial charge in [-0.05, 0) is 61.6 Å². The van der Waals surface area contributed by atoms with Gasteiger partial charge < -0.3 is 4.74 Å². The molecule has 5 aromatic rings. The Kier molecular flexibility index (Phi) is 10.4. The van der Waals surface area contributed by atoms with Crippen molar-refractivity contribution < 1.29 is 9.26 Å². The molecular weight excluding hydrogens is 622 g/mol. The molecule has 7 rings (SSSR count). The van der Waals surface area contributed by atoms with Crippen LogP contribution in [-0.4, -0.2) is 93.4 Å². The molecule has 12 heteroatoms. The first kappa shape index (κ1) is 33.7. The van der Waals surface area contributed by atoms with E-state index in [-0.39, 0.29) is 74.5 Å². The maximum atomic E-state index is 14.4. The predicted octanol–water partition coefficient (Wildman–Crippen LogP) is 4.99. The molecule has 0 unspecified atom stereocenters. The average Bonchev–Trinajstić information content (AvgIpc) is 3.73. The molecule has 2 aromatic carbocycles. The summed E-state index contributed by atoms with van der Waals surface area (Å²) >= 11 is 0. The Labute approximate surface area is 314 Å². The van der Waals surface area contributed by atoms with Crippen LogP contribution in [0.3, 0.4) is 0 Å². The second kappa shape index (κ2) is 14.5. The number of benzene rings is 2. The second-order valence-electron chi connectivity index (χ2n) is 12.7. The Hall–Kier alpha value is -3.18. The second-order valence-corrected chi connectivity index (χ2v) is 12.7. The standard InChI is InChI=1S/C35H37N7O4.K.H/c1-2-6-30-29(19-23-9-11-24(12-10-23)27-7-3-4-8-28(27)31-39-34(44)46-40-31)32(43)41(33-37-22-38-42(30)33)25-13-15-26(16-14-25)45-21-35(20-36)17-5-18-35;;/h3-4,7-12,22,25-26H,2,5-6,13-19,21H2,1H3,(H,39,40,44);;/t25-,26-;;. The van der Waals surface area contributed by atoms with Crippen LogP contribution in [0.15, 0.2) is 69.0 Å². The van der Waals surface area contributed by atoms with E-state index in [9.17, 15) is 14.9 Å². The molecule has 0 saturated heterocycles. The number of aromatic nitrogens is 6. The molecule has 2 aliphatic carbocycles. The molecule has 11 nitrogen and oxygen atoms in total. The molecule has 47 heavy (non-hydrogen) atoms. The minimum absolute atomic E-state index is 0. The zero-order chi connectivity index (χ0) is 31.7. The van der Waals surface area contributed by atoms with Crippen LogP contribution in [0.1, 0.15) is 81.2 Å². The van der Waals surface area contributed by atoms with Gasteiger partial charge in [0.25, 0.3) is 5.56 Å². The summed E-state index contributed by atoms with van der Waals surface area (Å²) in [6.45, 7) is 2.61. The zero-order valence-electron chi connectivity index (χ0n) is 25.9. The number of aryl methyl sites for hydroxylation is 1. The molecule has 0 aliphatic heterocycles. The molecule has 238 valence electrons. The fourth-order valence-corrected chi connectivity index (χ4v) is 7.01. The Morgan fingerprint density at radius 2 is 1.81 bits per heavy atom. The summed E-state index contributed by atoms with van der Waals surface area (Å²) in [5, 5.41) is 18.0. The van der Waals surface area contributed by atoms with E-state index in [0.29, 0.717) is 31.1 Å². The summed E-state index contributed by atoms with van der Waals surface area (Å²) in [6.07, 6.45) is 9.96. The molecule has 0 bridgehead atoms. The third kappa shape index (κ3) is 6.75. The first-order valence-electron chi connectivity index (χ1n) is 16.2. The molecular formula is C35H38KN7O4. The van der Waals surface area contributed by atoms with Crippen LogP contribution in [0, 0.1) is 16.7 Å². The number of rotatable bonds is 10. The number of nitrogens with zero attached hydrogens (tertiary/aromatic N) is 6. The van der Waals surface area contributed by atoms with Gasteiger partial charge in [-0.25, -0.2) is 9.31 Å². The molecule has 0 amide bonds. The van der Waals surface area contributed by atoms with Crippen LogP contribution in [0.5, 0.6) is 0 Å². The van der Waals surface area contributed by atoms with Crippen molar-refractivity contribution in [2.45, 2.75) is 83.3 Å². The summed E-state index contributed by atoms with van der Waals surface area (Å²) in [5.74, 6) is 0.370. The Morgan fingerprint density at radius 3 is 2.45 bits per heavy atom. The molecule has 3 heterocycles. The molecule has 2 aliphatic rings. The van der Waals surface area contributed by atoms with Gasteiger partial charge in [-0.2, -0.15) is 15.3 Å². The van der Waals surface area contributed by atoms with E-state index >= 15 is 0 Å². The molecule has 3 aromatic heterocycles. The first-order chi connectivity index (χ1) is 22.5. The van der Waals surface area contributed by atoms with Crippen LogP contribution >= 0.6 is 0 Å². The number of nitriles is 1. The molecule has 0 radical (unpaired) electrons.